The van der Waals surface area contributed by atoms with Crippen molar-refractivity contribution in [2.24, 2.45) is 0 Å². The van der Waals surface area contributed by atoms with Crippen LogP contribution in [0.3, 0.4) is 0 Å². The highest BCUT2D eigenvalue weighted by atomic mass is 16.5. The Morgan fingerprint density at radius 2 is 1.87 bits per heavy atom. The molecule has 1 aliphatic carbocycles. The van der Waals surface area contributed by atoms with Crippen LogP contribution < -0.4 is 4.74 Å². The van der Waals surface area contributed by atoms with Crippen molar-refractivity contribution in [2.75, 3.05) is 7.11 Å². The minimum absolute atomic E-state index is 0.0390. The Morgan fingerprint density at radius 1 is 1.00 bits per heavy atom. The molecule has 3 aromatic heterocycles. The highest BCUT2D eigenvalue weighted by molar-refractivity contribution is 5.88. The van der Waals surface area contributed by atoms with Crippen LogP contribution in [0, 0.1) is 0 Å². The van der Waals surface area contributed by atoms with E-state index >= 15 is 0 Å². The maximum absolute atomic E-state index is 5.25. The number of hydrogen-bond donors (Lipinski definition) is 0. The number of aromatic nitrogens is 5. The zero-order chi connectivity index (χ0) is 20.9. The number of imidazole rings is 1. The van der Waals surface area contributed by atoms with Gasteiger partial charge in [0.15, 0.2) is 0 Å². The van der Waals surface area contributed by atoms with Gasteiger partial charge in [-0.1, -0.05) is 12.1 Å². The zero-order valence-electron chi connectivity index (χ0n) is 17.5. The lowest BCUT2D eigenvalue weighted by Crippen LogP contribution is -2.20. The molecule has 150 valence electrons. The van der Waals surface area contributed by atoms with Crippen molar-refractivity contribution < 1.29 is 4.74 Å². The van der Waals surface area contributed by atoms with Crippen molar-refractivity contribution in [1.82, 2.24) is 24.5 Å². The first-order valence-electron chi connectivity index (χ1n) is 9.99. The molecule has 0 N–H and O–H groups in total. The highest BCUT2D eigenvalue weighted by Gasteiger charge is 2.22. The Hall–Kier alpha value is -3.54. The number of nitrogens with zero attached hydrogens (tertiary/aromatic N) is 5. The lowest BCUT2D eigenvalue weighted by atomic mass is 10.0. The normalized spacial score (nSPS) is 13.4. The topological polar surface area (TPSA) is 65.7 Å². The van der Waals surface area contributed by atoms with E-state index in [9.17, 15) is 0 Å². The van der Waals surface area contributed by atoms with Crippen molar-refractivity contribution >= 4 is 16.6 Å². The van der Waals surface area contributed by atoms with E-state index in [1.807, 2.05) is 24.7 Å². The van der Waals surface area contributed by atoms with Crippen LogP contribution in [0.4, 0.5) is 0 Å². The molecule has 1 aliphatic rings. The molecule has 0 aliphatic heterocycles. The number of benzene rings is 1. The molecular weight excluding hydrogens is 374 g/mol. The van der Waals surface area contributed by atoms with Gasteiger partial charge in [-0.05, 0) is 44.5 Å². The van der Waals surface area contributed by atoms with Gasteiger partial charge in [-0.2, -0.15) is 0 Å². The SMILES string of the molecule is COc1cc(-c2cnc3c(n2)C(c2ccc4ncn(C(C)(C)C)c4c2)=CC3)ccn1. The summed E-state index contributed by atoms with van der Waals surface area (Å²) in [6.07, 6.45) is 8.46. The molecular formula is C24H23N5O. The smallest absolute Gasteiger partial charge is 0.213 e. The predicted molar refractivity (Wildman–Crippen MR) is 117 cm³/mol. The summed E-state index contributed by atoms with van der Waals surface area (Å²) < 4.78 is 7.47. The summed E-state index contributed by atoms with van der Waals surface area (Å²) in [6.45, 7) is 6.56. The van der Waals surface area contributed by atoms with E-state index in [1.165, 1.54) is 0 Å². The van der Waals surface area contributed by atoms with Gasteiger partial charge in [0, 0.05) is 35.4 Å². The van der Waals surface area contributed by atoms with Gasteiger partial charge in [0.25, 0.3) is 0 Å². The van der Waals surface area contributed by atoms with Gasteiger partial charge in [-0.25, -0.2) is 15.0 Å². The van der Waals surface area contributed by atoms with Gasteiger partial charge in [0.1, 0.15) is 0 Å². The Labute approximate surface area is 175 Å². The van der Waals surface area contributed by atoms with E-state index < -0.39 is 0 Å². The fraction of sp³-hybridized carbons (Fsp3) is 0.250. The Bertz CT molecular complexity index is 1300. The van der Waals surface area contributed by atoms with E-state index in [4.69, 9.17) is 9.72 Å². The number of methoxy groups -OCH3 is 1. The number of rotatable bonds is 3. The molecule has 0 spiro atoms. The maximum Gasteiger partial charge on any atom is 0.213 e. The Kier molecular flexibility index (Phi) is 4.17. The standard InChI is InChI=1S/C24H23N5O/c1-24(2,3)29-14-27-18-7-5-15(11-21(18)29)17-6-8-19-23(17)28-20(13-26-19)16-9-10-25-22(12-16)30-4/h5-7,9-14H,8H2,1-4H3. The predicted octanol–water partition coefficient (Wildman–Crippen LogP) is 4.64. The van der Waals surface area contributed by atoms with Crippen LogP contribution >= 0.6 is 0 Å². The fourth-order valence-corrected chi connectivity index (χ4v) is 3.86. The molecule has 0 saturated carbocycles. The molecule has 6 heteroatoms. The third kappa shape index (κ3) is 3.05. The van der Waals surface area contributed by atoms with Gasteiger partial charge < -0.3 is 9.30 Å². The van der Waals surface area contributed by atoms with Gasteiger partial charge in [0.2, 0.25) is 5.88 Å². The molecule has 0 radical (unpaired) electrons. The number of fused-ring (bicyclic) bond motifs is 2. The molecule has 5 rings (SSSR count). The average Bonchev–Trinajstić information content (AvgIpc) is 3.36. The van der Waals surface area contributed by atoms with Crippen LogP contribution in [-0.4, -0.2) is 31.6 Å². The minimum atomic E-state index is -0.0390. The molecule has 0 atom stereocenters. The van der Waals surface area contributed by atoms with Crippen LogP contribution in [0.5, 0.6) is 5.88 Å². The van der Waals surface area contributed by atoms with Crippen molar-refractivity contribution in [3.63, 3.8) is 0 Å². The Morgan fingerprint density at radius 3 is 2.67 bits per heavy atom. The van der Waals surface area contributed by atoms with Crippen molar-refractivity contribution in [2.45, 2.75) is 32.7 Å². The monoisotopic (exact) mass is 397 g/mol. The van der Waals surface area contributed by atoms with E-state index in [0.717, 1.165) is 51.2 Å². The molecule has 1 aromatic carbocycles. The number of allylic oxidation sites excluding steroid dienone is 1. The van der Waals surface area contributed by atoms with E-state index in [-0.39, 0.29) is 5.54 Å². The van der Waals surface area contributed by atoms with Crippen LogP contribution in [0.2, 0.25) is 0 Å². The quantitative estimate of drug-likeness (QED) is 0.504. The van der Waals surface area contributed by atoms with Crippen LogP contribution in [0.15, 0.2) is 55.1 Å². The second-order valence-corrected chi connectivity index (χ2v) is 8.45. The fourth-order valence-electron chi connectivity index (χ4n) is 3.86. The van der Waals surface area contributed by atoms with Gasteiger partial charge in [-0.15, -0.1) is 0 Å². The summed E-state index contributed by atoms with van der Waals surface area (Å²) in [4.78, 5) is 18.4. The van der Waals surface area contributed by atoms with Crippen LogP contribution in [0.1, 0.15) is 37.7 Å². The molecule has 4 aromatic rings. The number of hydrogen-bond acceptors (Lipinski definition) is 5. The van der Waals surface area contributed by atoms with E-state index in [0.29, 0.717) is 5.88 Å². The molecule has 0 saturated heterocycles. The molecule has 0 unspecified atom stereocenters. The van der Waals surface area contributed by atoms with E-state index in [2.05, 4.69) is 64.6 Å². The molecule has 0 fully saturated rings. The van der Waals surface area contributed by atoms with E-state index in [1.54, 1.807) is 13.3 Å². The first-order chi connectivity index (χ1) is 14.4. The highest BCUT2D eigenvalue weighted by Crippen LogP contribution is 2.34. The third-order valence-electron chi connectivity index (χ3n) is 5.42. The first-order valence-corrected chi connectivity index (χ1v) is 9.99. The van der Waals surface area contributed by atoms with Crippen LogP contribution in [-0.2, 0) is 12.0 Å². The summed E-state index contributed by atoms with van der Waals surface area (Å²) in [5.74, 6) is 0.562. The van der Waals surface area contributed by atoms with Crippen LogP contribution in [0.25, 0.3) is 27.9 Å². The van der Waals surface area contributed by atoms with Crippen molar-refractivity contribution in [1.29, 1.82) is 0 Å². The first kappa shape index (κ1) is 18.5. The molecule has 3 heterocycles. The molecule has 0 amide bonds. The third-order valence-corrected chi connectivity index (χ3v) is 5.42. The zero-order valence-corrected chi connectivity index (χ0v) is 17.5. The summed E-state index contributed by atoms with van der Waals surface area (Å²) in [7, 11) is 1.61. The molecule has 6 nitrogen and oxygen atoms in total. The second kappa shape index (κ2) is 6.76. The summed E-state index contributed by atoms with van der Waals surface area (Å²) in [5.41, 5.74) is 8.00. The Balaban J connectivity index is 1.59. The lowest BCUT2D eigenvalue weighted by molar-refractivity contribution is 0.398. The van der Waals surface area contributed by atoms with Gasteiger partial charge in [-0.3, -0.25) is 4.98 Å². The number of ether oxygens (including phenoxy) is 1. The second-order valence-electron chi connectivity index (χ2n) is 8.45. The average molecular weight is 397 g/mol. The minimum Gasteiger partial charge on any atom is -0.481 e. The van der Waals surface area contributed by atoms with Gasteiger partial charge >= 0.3 is 0 Å². The summed E-state index contributed by atoms with van der Waals surface area (Å²) in [5, 5.41) is 0. The summed E-state index contributed by atoms with van der Waals surface area (Å²) in [6, 6.07) is 10.2. The molecule has 0 bridgehead atoms. The molecule has 30 heavy (non-hydrogen) atoms. The van der Waals surface area contributed by atoms with Gasteiger partial charge in [0.05, 0.1) is 47.7 Å². The van der Waals surface area contributed by atoms with Crippen molar-refractivity contribution in [3.8, 4) is 17.1 Å². The maximum atomic E-state index is 5.25. The number of pyridine rings is 1. The van der Waals surface area contributed by atoms with Crippen molar-refractivity contribution in [3.05, 3.63) is 72.1 Å². The lowest BCUT2D eigenvalue weighted by Gasteiger charge is -2.22. The largest absolute Gasteiger partial charge is 0.481 e. The summed E-state index contributed by atoms with van der Waals surface area (Å²) >= 11 is 0.